The maximum Gasteiger partial charge on any atom is 0.313 e. The van der Waals surface area contributed by atoms with Crippen LogP contribution in [-0.2, 0) is 9.59 Å². The molecule has 1 aliphatic heterocycles. The number of carbonyl (C=O) groups is 2. The van der Waals surface area contributed by atoms with Crippen LogP contribution in [0.2, 0.25) is 0 Å². The molecule has 0 atom stereocenters. The van der Waals surface area contributed by atoms with Crippen molar-refractivity contribution in [2.75, 3.05) is 44.6 Å². The number of para-hydroxylation sites is 1. The Bertz CT molecular complexity index is 504. The number of nitrogens with one attached hydrogen (secondary N) is 3. The average molecular weight is 355 g/mol. The zero-order valence-electron chi connectivity index (χ0n) is 11.7. The van der Waals surface area contributed by atoms with Gasteiger partial charge in [0.05, 0.1) is 5.69 Å². The fourth-order valence-electron chi connectivity index (χ4n) is 2.08. The molecule has 1 aliphatic rings. The van der Waals surface area contributed by atoms with Gasteiger partial charge >= 0.3 is 11.8 Å². The summed E-state index contributed by atoms with van der Waals surface area (Å²) in [4.78, 5) is 25.8. The quantitative estimate of drug-likeness (QED) is 0.684. The molecule has 0 saturated carbocycles. The number of carbonyl (C=O) groups excluding carboxylic acids is 2. The molecule has 1 aromatic carbocycles. The van der Waals surface area contributed by atoms with E-state index in [4.69, 9.17) is 0 Å². The molecule has 2 rings (SSSR count). The van der Waals surface area contributed by atoms with Gasteiger partial charge in [-0.25, -0.2) is 0 Å². The Balaban J connectivity index is 1.72. The van der Waals surface area contributed by atoms with E-state index >= 15 is 0 Å². The molecule has 1 aromatic rings. The summed E-state index contributed by atoms with van der Waals surface area (Å²) >= 11 is 3.32. The van der Waals surface area contributed by atoms with Crippen LogP contribution in [0.3, 0.4) is 0 Å². The summed E-state index contributed by atoms with van der Waals surface area (Å²) in [5.74, 6) is -1.26. The predicted octanol–water partition coefficient (Wildman–Crippen LogP) is 0.409. The van der Waals surface area contributed by atoms with Crippen LogP contribution in [0.15, 0.2) is 28.7 Å². The highest BCUT2D eigenvalue weighted by atomic mass is 79.9. The summed E-state index contributed by atoms with van der Waals surface area (Å²) in [6, 6.07) is 7.17. The van der Waals surface area contributed by atoms with Gasteiger partial charge in [-0.2, -0.15) is 0 Å². The molecule has 21 heavy (non-hydrogen) atoms. The van der Waals surface area contributed by atoms with Gasteiger partial charge in [0.2, 0.25) is 0 Å². The number of rotatable bonds is 4. The van der Waals surface area contributed by atoms with E-state index in [1.54, 1.807) is 18.2 Å². The van der Waals surface area contributed by atoms with Crippen molar-refractivity contribution in [3.8, 4) is 0 Å². The van der Waals surface area contributed by atoms with Crippen molar-refractivity contribution in [3.63, 3.8) is 0 Å². The van der Waals surface area contributed by atoms with Gasteiger partial charge in [-0.3, -0.25) is 14.5 Å². The maximum atomic E-state index is 11.8. The molecule has 1 fully saturated rings. The molecule has 6 nitrogen and oxygen atoms in total. The van der Waals surface area contributed by atoms with E-state index in [9.17, 15) is 9.59 Å². The third-order valence-corrected chi connectivity index (χ3v) is 3.94. The molecule has 1 saturated heterocycles. The Labute approximate surface area is 132 Å². The summed E-state index contributed by atoms with van der Waals surface area (Å²) in [7, 11) is 0. The van der Waals surface area contributed by atoms with Gasteiger partial charge in [0.1, 0.15) is 0 Å². The van der Waals surface area contributed by atoms with Crippen LogP contribution < -0.4 is 16.0 Å². The van der Waals surface area contributed by atoms with Crippen molar-refractivity contribution in [1.82, 2.24) is 15.5 Å². The zero-order valence-corrected chi connectivity index (χ0v) is 13.3. The highest BCUT2D eigenvalue weighted by molar-refractivity contribution is 9.10. The van der Waals surface area contributed by atoms with Gasteiger partial charge in [0, 0.05) is 43.7 Å². The molecular weight excluding hydrogens is 336 g/mol. The Morgan fingerprint density at radius 1 is 1.19 bits per heavy atom. The lowest BCUT2D eigenvalue weighted by Crippen LogP contribution is -2.47. The summed E-state index contributed by atoms with van der Waals surface area (Å²) in [5.41, 5.74) is 0.583. The molecule has 3 N–H and O–H groups in total. The number of amides is 2. The molecule has 2 amide bonds. The van der Waals surface area contributed by atoms with Crippen molar-refractivity contribution >= 4 is 33.4 Å². The standard InChI is InChI=1S/C14H19BrN4O2/c15-11-3-1-2-4-12(11)18-14(21)13(20)17-7-10-19-8-5-16-6-9-19/h1-4,16H,5-10H2,(H,17,20)(H,18,21). The number of nitrogens with zero attached hydrogens (tertiary/aromatic N) is 1. The van der Waals surface area contributed by atoms with Crippen LogP contribution in [0.1, 0.15) is 0 Å². The molecule has 1 heterocycles. The van der Waals surface area contributed by atoms with Gasteiger partial charge in [-0.05, 0) is 28.1 Å². The monoisotopic (exact) mass is 354 g/mol. The van der Waals surface area contributed by atoms with Crippen LogP contribution in [0.25, 0.3) is 0 Å². The number of benzene rings is 1. The lowest BCUT2D eigenvalue weighted by molar-refractivity contribution is -0.136. The van der Waals surface area contributed by atoms with Crippen LogP contribution in [0.4, 0.5) is 5.69 Å². The van der Waals surface area contributed by atoms with E-state index in [-0.39, 0.29) is 0 Å². The van der Waals surface area contributed by atoms with E-state index in [1.165, 1.54) is 0 Å². The number of hydrogen-bond donors (Lipinski definition) is 3. The van der Waals surface area contributed by atoms with E-state index < -0.39 is 11.8 Å². The topological polar surface area (TPSA) is 73.5 Å². The number of piperazine rings is 1. The van der Waals surface area contributed by atoms with Crippen LogP contribution in [0, 0.1) is 0 Å². The second-order valence-electron chi connectivity index (χ2n) is 4.78. The summed E-state index contributed by atoms with van der Waals surface area (Å²) < 4.78 is 0.743. The van der Waals surface area contributed by atoms with Crippen LogP contribution in [-0.4, -0.2) is 56.0 Å². The van der Waals surface area contributed by atoms with E-state index in [0.717, 1.165) is 37.2 Å². The smallest absolute Gasteiger partial charge is 0.313 e. The first-order valence-corrected chi connectivity index (χ1v) is 7.73. The predicted molar refractivity (Wildman–Crippen MR) is 85.1 cm³/mol. The fraction of sp³-hybridized carbons (Fsp3) is 0.429. The Kier molecular flexibility index (Phi) is 6.16. The van der Waals surface area contributed by atoms with E-state index in [0.29, 0.717) is 12.2 Å². The Hall–Kier alpha value is -1.44. The number of anilines is 1. The Morgan fingerprint density at radius 2 is 1.90 bits per heavy atom. The van der Waals surface area contributed by atoms with Crippen molar-refractivity contribution in [1.29, 1.82) is 0 Å². The van der Waals surface area contributed by atoms with Gasteiger partial charge in [0.25, 0.3) is 0 Å². The third-order valence-electron chi connectivity index (χ3n) is 3.25. The molecule has 0 bridgehead atoms. The lowest BCUT2D eigenvalue weighted by Gasteiger charge is -2.26. The summed E-state index contributed by atoms with van der Waals surface area (Å²) in [6.07, 6.45) is 0. The summed E-state index contributed by atoms with van der Waals surface area (Å²) in [6.45, 7) is 5.11. The number of halogens is 1. The second kappa shape index (κ2) is 8.11. The molecule has 0 aromatic heterocycles. The number of hydrogen-bond acceptors (Lipinski definition) is 4. The zero-order chi connectivity index (χ0) is 15.1. The fourth-order valence-corrected chi connectivity index (χ4v) is 2.47. The van der Waals surface area contributed by atoms with Gasteiger partial charge in [0.15, 0.2) is 0 Å². The minimum atomic E-state index is -0.651. The highest BCUT2D eigenvalue weighted by Gasteiger charge is 2.15. The van der Waals surface area contributed by atoms with Crippen molar-refractivity contribution in [2.45, 2.75) is 0 Å². The highest BCUT2D eigenvalue weighted by Crippen LogP contribution is 2.20. The van der Waals surface area contributed by atoms with Gasteiger partial charge < -0.3 is 16.0 Å². The Morgan fingerprint density at radius 3 is 2.62 bits per heavy atom. The first-order valence-electron chi connectivity index (χ1n) is 6.93. The van der Waals surface area contributed by atoms with Crippen LogP contribution in [0.5, 0.6) is 0 Å². The minimum absolute atomic E-state index is 0.474. The van der Waals surface area contributed by atoms with E-state index in [2.05, 4.69) is 36.8 Å². The second-order valence-corrected chi connectivity index (χ2v) is 5.64. The molecule has 7 heteroatoms. The summed E-state index contributed by atoms with van der Waals surface area (Å²) in [5, 5.41) is 8.49. The third kappa shape index (κ3) is 5.11. The molecule has 114 valence electrons. The van der Waals surface area contributed by atoms with Crippen molar-refractivity contribution in [2.24, 2.45) is 0 Å². The largest absolute Gasteiger partial charge is 0.347 e. The average Bonchev–Trinajstić information content (AvgIpc) is 2.50. The molecule has 0 radical (unpaired) electrons. The first kappa shape index (κ1) is 15.9. The normalized spacial score (nSPS) is 15.5. The lowest BCUT2D eigenvalue weighted by atomic mass is 10.3. The molecule has 0 unspecified atom stereocenters. The minimum Gasteiger partial charge on any atom is -0.347 e. The van der Waals surface area contributed by atoms with Gasteiger partial charge in [-0.15, -0.1) is 0 Å². The molecule has 0 aliphatic carbocycles. The van der Waals surface area contributed by atoms with Gasteiger partial charge in [-0.1, -0.05) is 12.1 Å². The molecular formula is C14H19BrN4O2. The van der Waals surface area contributed by atoms with E-state index in [1.807, 2.05) is 6.07 Å². The van der Waals surface area contributed by atoms with Crippen molar-refractivity contribution in [3.05, 3.63) is 28.7 Å². The first-order chi connectivity index (χ1) is 10.2. The molecule has 0 spiro atoms. The van der Waals surface area contributed by atoms with Crippen molar-refractivity contribution < 1.29 is 9.59 Å². The maximum absolute atomic E-state index is 11.8. The van der Waals surface area contributed by atoms with Crippen LogP contribution >= 0.6 is 15.9 Å². The SMILES string of the molecule is O=C(NCCN1CCNCC1)C(=O)Nc1ccccc1Br.